The van der Waals surface area contributed by atoms with Crippen LogP contribution in [0.3, 0.4) is 0 Å². The summed E-state index contributed by atoms with van der Waals surface area (Å²) in [5.74, 6) is 0.135. The van der Waals surface area contributed by atoms with E-state index in [0.29, 0.717) is 12.0 Å². The van der Waals surface area contributed by atoms with Gasteiger partial charge in [-0.3, -0.25) is 0 Å². The van der Waals surface area contributed by atoms with Gasteiger partial charge < -0.3 is 9.47 Å². The second-order valence-electron chi connectivity index (χ2n) is 3.69. The van der Waals surface area contributed by atoms with E-state index in [4.69, 9.17) is 9.47 Å². The maximum Gasteiger partial charge on any atom is 0.163 e. The average molecular weight is 154 g/mol. The highest BCUT2D eigenvalue weighted by atomic mass is 16.7. The third kappa shape index (κ3) is 1.33. The highest BCUT2D eigenvalue weighted by molar-refractivity contribution is 5.04. The van der Waals surface area contributed by atoms with Gasteiger partial charge in [-0.25, -0.2) is 0 Å². The molecule has 2 heteroatoms. The van der Waals surface area contributed by atoms with Crippen molar-refractivity contribution in [1.82, 2.24) is 0 Å². The third-order valence-corrected chi connectivity index (χ3v) is 2.29. The Labute approximate surface area is 67.2 Å². The average Bonchev–Trinajstić information content (AvgIpc) is 2.31. The van der Waals surface area contributed by atoms with Crippen molar-refractivity contribution in [3.05, 3.63) is 12.2 Å². The molecule has 0 spiro atoms. The van der Waals surface area contributed by atoms with Crippen LogP contribution in [0.25, 0.3) is 0 Å². The molecule has 0 bridgehead atoms. The minimum Gasteiger partial charge on any atom is -0.350 e. The number of hydrogen-bond acceptors (Lipinski definition) is 2. The summed E-state index contributed by atoms with van der Waals surface area (Å²) in [6.07, 6.45) is 5.80. The molecule has 0 aromatic heterocycles. The van der Waals surface area contributed by atoms with Crippen molar-refractivity contribution in [2.24, 2.45) is 5.92 Å². The van der Waals surface area contributed by atoms with E-state index in [1.165, 1.54) is 0 Å². The van der Waals surface area contributed by atoms with Crippen LogP contribution in [-0.2, 0) is 9.47 Å². The molecule has 0 aromatic rings. The van der Waals surface area contributed by atoms with E-state index >= 15 is 0 Å². The summed E-state index contributed by atoms with van der Waals surface area (Å²) in [6.45, 7) is 4.76. The van der Waals surface area contributed by atoms with Gasteiger partial charge in [0, 0.05) is 5.92 Å². The molecule has 1 saturated heterocycles. The van der Waals surface area contributed by atoms with Gasteiger partial charge >= 0.3 is 0 Å². The zero-order valence-electron chi connectivity index (χ0n) is 7.04. The Balaban J connectivity index is 2.05. The Morgan fingerprint density at radius 1 is 1.45 bits per heavy atom. The maximum absolute atomic E-state index is 5.71. The lowest BCUT2D eigenvalue weighted by molar-refractivity contribution is -0.283. The Hall–Kier alpha value is -0.340. The molecule has 0 radical (unpaired) electrons. The molecule has 62 valence electrons. The monoisotopic (exact) mass is 154 g/mol. The quantitative estimate of drug-likeness (QED) is 0.494. The van der Waals surface area contributed by atoms with Gasteiger partial charge in [-0.2, -0.15) is 0 Å². The first-order chi connectivity index (χ1) is 5.17. The molecule has 1 heterocycles. The van der Waals surface area contributed by atoms with Gasteiger partial charge in [0.25, 0.3) is 0 Å². The first-order valence-electron chi connectivity index (χ1n) is 4.16. The summed E-state index contributed by atoms with van der Waals surface area (Å²) in [4.78, 5) is 0. The van der Waals surface area contributed by atoms with E-state index in [9.17, 15) is 0 Å². The van der Waals surface area contributed by atoms with Gasteiger partial charge in [-0.15, -0.1) is 0 Å². The molecule has 11 heavy (non-hydrogen) atoms. The smallest absolute Gasteiger partial charge is 0.163 e. The third-order valence-electron chi connectivity index (χ3n) is 2.29. The molecule has 2 aliphatic rings. The molecule has 2 atom stereocenters. The van der Waals surface area contributed by atoms with Crippen LogP contribution in [0.4, 0.5) is 0 Å². The minimum atomic E-state index is -0.368. The predicted octanol–water partition coefficient (Wildman–Crippen LogP) is 1.71. The van der Waals surface area contributed by atoms with E-state index in [-0.39, 0.29) is 5.79 Å². The summed E-state index contributed by atoms with van der Waals surface area (Å²) in [5.41, 5.74) is 0. The molecular weight excluding hydrogens is 140 g/mol. The Morgan fingerprint density at radius 2 is 2.27 bits per heavy atom. The van der Waals surface area contributed by atoms with Crippen molar-refractivity contribution >= 4 is 0 Å². The molecule has 0 amide bonds. The van der Waals surface area contributed by atoms with Crippen molar-refractivity contribution < 1.29 is 9.47 Å². The van der Waals surface area contributed by atoms with E-state index < -0.39 is 0 Å². The first kappa shape index (κ1) is 7.32. The molecule has 2 rings (SSSR count). The van der Waals surface area contributed by atoms with E-state index in [2.05, 4.69) is 12.2 Å². The largest absolute Gasteiger partial charge is 0.350 e. The van der Waals surface area contributed by atoms with Crippen LogP contribution < -0.4 is 0 Å². The van der Waals surface area contributed by atoms with Crippen LogP contribution in [0.15, 0.2) is 12.2 Å². The summed E-state index contributed by atoms with van der Waals surface area (Å²) in [6, 6.07) is 0. The van der Waals surface area contributed by atoms with Crippen LogP contribution in [0.5, 0.6) is 0 Å². The normalized spacial score (nSPS) is 40.5. The molecule has 1 aliphatic carbocycles. The van der Waals surface area contributed by atoms with Gasteiger partial charge in [0.1, 0.15) is 0 Å². The molecule has 0 saturated carbocycles. The zero-order valence-corrected chi connectivity index (χ0v) is 7.04. The van der Waals surface area contributed by atoms with Crippen molar-refractivity contribution in [2.45, 2.75) is 32.2 Å². The lowest BCUT2D eigenvalue weighted by Crippen LogP contribution is -2.43. The summed E-state index contributed by atoms with van der Waals surface area (Å²) < 4.78 is 11.2. The second-order valence-corrected chi connectivity index (χ2v) is 3.69. The highest BCUT2D eigenvalue weighted by Gasteiger charge is 2.36. The molecular formula is C9H14O2. The molecule has 2 nitrogen and oxygen atoms in total. The summed E-state index contributed by atoms with van der Waals surface area (Å²) >= 11 is 0. The van der Waals surface area contributed by atoms with Crippen molar-refractivity contribution in [2.75, 3.05) is 6.61 Å². The van der Waals surface area contributed by atoms with Crippen molar-refractivity contribution in [3.63, 3.8) is 0 Å². The van der Waals surface area contributed by atoms with Crippen LogP contribution in [0.2, 0.25) is 0 Å². The van der Waals surface area contributed by atoms with Crippen LogP contribution in [0.1, 0.15) is 20.3 Å². The maximum atomic E-state index is 5.71. The minimum absolute atomic E-state index is 0.368. The standard InChI is InChI=1S/C9H14O2/c1-9(2)10-6-7-4-3-5-8(7)11-9/h3-4,7-8H,5-6H2,1-2H3/t7-,8-/m1/s1. The number of rotatable bonds is 0. The second kappa shape index (κ2) is 2.32. The van der Waals surface area contributed by atoms with Gasteiger partial charge in [-0.1, -0.05) is 12.2 Å². The number of hydrogen-bond donors (Lipinski definition) is 0. The van der Waals surface area contributed by atoms with E-state index in [1.54, 1.807) is 0 Å². The van der Waals surface area contributed by atoms with Gasteiger partial charge in [-0.05, 0) is 20.3 Å². The van der Waals surface area contributed by atoms with Crippen LogP contribution in [0, 0.1) is 5.92 Å². The van der Waals surface area contributed by atoms with Gasteiger partial charge in [0.15, 0.2) is 5.79 Å². The molecule has 0 N–H and O–H groups in total. The lowest BCUT2D eigenvalue weighted by Gasteiger charge is -2.37. The Kier molecular flexibility index (Phi) is 1.55. The fourth-order valence-corrected chi connectivity index (χ4v) is 1.68. The van der Waals surface area contributed by atoms with Gasteiger partial charge in [0.2, 0.25) is 0 Å². The van der Waals surface area contributed by atoms with Crippen LogP contribution >= 0.6 is 0 Å². The fourth-order valence-electron chi connectivity index (χ4n) is 1.68. The predicted molar refractivity (Wildman–Crippen MR) is 42.2 cm³/mol. The van der Waals surface area contributed by atoms with Gasteiger partial charge in [0.05, 0.1) is 12.7 Å². The topological polar surface area (TPSA) is 18.5 Å². The molecule has 1 aliphatic heterocycles. The fraction of sp³-hybridized carbons (Fsp3) is 0.778. The Bertz CT molecular complexity index is 184. The van der Waals surface area contributed by atoms with Crippen molar-refractivity contribution in [1.29, 1.82) is 0 Å². The Morgan fingerprint density at radius 3 is 3.09 bits per heavy atom. The lowest BCUT2D eigenvalue weighted by atomic mass is 10.1. The summed E-state index contributed by atoms with van der Waals surface area (Å²) in [7, 11) is 0. The van der Waals surface area contributed by atoms with Crippen molar-refractivity contribution in [3.8, 4) is 0 Å². The molecule has 0 aromatic carbocycles. The van der Waals surface area contributed by atoms with E-state index in [0.717, 1.165) is 13.0 Å². The number of ether oxygens (including phenoxy) is 2. The molecule has 1 fully saturated rings. The zero-order chi connectivity index (χ0) is 7.90. The summed E-state index contributed by atoms with van der Waals surface area (Å²) in [5, 5.41) is 0. The van der Waals surface area contributed by atoms with E-state index in [1.807, 2.05) is 13.8 Å². The SMILES string of the molecule is CC1(C)OC[C@H]2C=CC[C@H]2O1. The highest BCUT2D eigenvalue weighted by Crippen LogP contribution is 2.32. The first-order valence-corrected chi connectivity index (χ1v) is 4.16. The van der Waals surface area contributed by atoms with Crippen LogP contribution in [-0.4, -0.2) is 18.5 Å². The number of fused-ring (bicyclic) bond motifs is 1. The molecule has 0 unspecified atom stereocenters.